The lowest BCUT2D eigenvalue weighted by molar-refractivity contribution is -0.138. The molecule has 0 atom stereocenters. The fraction of sp³-hybridized carbons (Fsp3) is 0.333. The predicted octanol–water partition coefficient (Wildman–Crippen LogP) is 3.04. The number of hydrogen-bond donors (Lipinski definition) is 1. The molecule has 2 N–H and O–H groups in total. The molecule has 2 rings (SSSR count). The van der Waals surface area contributed by atoms with Crippen molar-refractivity contribution in [2.75, 3.05) is 20.1 Å². The Balaban J connectivity index is 2.07. The van der Waals surface area contributed by atoms with Crippen LogP contribution in [-0.2, 0) is 28.9 Å². The summed E-state index contributed by atoms with van der Waals surface area (Å²) < 4.78 is 39.5. The molecule has 0 fully saturated rings. The molecule has 0 saturated carbocycles. The number of nitrogens with two attached hydrogens (primary N) is 1. The number of benzene rings is 2. The maximum absolute atomic E-state index is 13.2. The van der Waals surface area contributed by atoms with Crippen molar-refractivity contribution in [3.05, 3.63) is 71.3 Å². The van der Waals surface area contributed by atoms with Crippen molar-refractivity contribution in [2.45, 2.75) is 25.7 Å². The number of amides is 2. The fourth-order valence-electron chi connectivity index (χ4n) is 2.95. The maximum atomic E-state index is 13.2. The first-order chi connectivity index (χ1) is 13.7. The highest BCUT2D eigenvalue weighted by Crippen LogP contribution is 2.32. The Labute approximate surface area is 167 Å². The molecule has 0 aliphatic carbocycles. The lowest BCUT2D eigenvalue weighted by atomic mass is 10.1. The number of nitrogens with zero attached hydrogens (tertiary/aromatic N) is 2. The van der Waals surface area contributed by atoms with Gasteiger partial charge in [0, 0.05) is 26.1 Å². The molecule has 0 unspecified atom stereocenters. The van der Waals surface area contributed by atoms with Crippen LogP contribution in [0.25, 0.3) is 0 Å². The summed E-state index contributed by atoms with van der Waals surface area (Å²) in [4.78, 5) is 26.9. The van der Waals surface area contributed by atoms with Gasteiger partial charge in [-0.05, 0) is 24.2 Å². The first-order valence-corrected chi connectivity index (χ1v) is 9.10. The lowest BCUT2D eigenvalue weighted by Crippen LogP contribution is -2.40. The van der Waals surface area contributed by atoms with Gasteiger partial charge in [0.05, 0.1) is 12.1 Å². The van der Waals surface area contributed by atoms with Crippen molar-refractivity contribution in [2.24, 2.45) is 5.73 Å². The Morgan fingerprint density at radius 3 is 2.21 bits per heavy atom. The van der Waals surface area contributed by atoms with Gasteiger partial charge in [0.25, 0.3) is 0 Å². The molecule has 0 aromatic heterocycles. The number of rotatable bonds is 9. The minimum absolute atomic E-state index is 0.0131. The molecule has 0 spiro atoms. The van der Waals surface area contributed by atoms with E-state index in [1.165, 1.54) is 28.0 Å². The van der Waals surface area contributed by atoms with E-state index in [1.54, 1.807) is 7.05 Å². The summed E-state index contributed by atoms with van der Waals surface area (Å²) in [5.41, 5.74) is 5.47. The van der Waals surface area contributed by atoms with E-state index in [0.717, 1.165) is 11.6 Å². The lowest BCUT2D eigenvalue weighted by Gasteiger charge is -2.26. The summed E-state index contributed by atoms with van der Waals surface area (Å²) in [6.45, 7) is 0.324. The van der Waals surface area contributed by atoms with E-state index in [9.17, 15) is 22.8 Å². The maximum Gasteiger partial charge on any atom is 0.416 e. The van der Waals surface area contributed by atoms with Crippen LogP contribution >= 0.6 is 0 Å². The van der Waals surface area contributed by atoms with Crippen molar-refractivity contribution in [3.8, 4) is 0 Å². The Morgan fingerprint density at radius 2 is 1.59 bits per heavy atom. The zero-order valence-electron chi connectivity index (χ0n) is 16.2. The van der Waals surface area contributed by atoms with E-state index in [4.69, 9.17) is 5.73 Å². The van der Waals surface area contributed by atoms with Crippen LogP contribution in [0.4, 0.5) is 13.2 Å². The SMILES string of the molecule is CN(CC(=O)N(CCC(N)=O)Cc1ccccc1)Cc1ccccc1C(F)(F)F. The molecule has 0 aliphatic heterocycles. The van der Waals surface area contributed by atoms with E-state index in [2.05, 4.69) is 0 Å². The van der Waals surface area contributed by atoms with E-state index < -0.39 is 17.6 Å². The minimum Gasteiger partial charge on any atom is -0.370 e. The Hall–Kier alpha value is -2.87. The Kier molecular flexibility index (Phi) is 7.78. The number of likely N-dealkylation sites (N-methyl/N-ethyl adjacent to an activating group) is 1. The Bertz CT molecular complexity index is 825. The third-order valence-corrected chi connectivity index (χ3v) is 4.37. The van der Waals surface area contributed by atoms with Gasteiger partial charge >= 0.3 is 6.18 Å². The average molecular weight is 407 g/mol. The second kappa shape index (κ2) is 10.1. The van der Waals surface area contributed by atoms with Gasteiger partial charge in [-0.2, -0.15) is 13.2 Å². The molecule has 5 nitrogen and oxygen atoms in total. The molecular formula is C21H24F3N3O2. The summed E-state index contributed by atoms with van der Waals surface area (Å²) in [5.74, 6) is -0.814. The smallest absolute Gasteiger partial charge is 0.370 e. The molecule has 156 valence electrons. The average Bonchev–Trinajstić information content (AvgIpc) is 2.65. The monoisotopic (exact) mass is 407 g/mol. The van der Waals surface area contributed by atoms with Crippen LogP contribution in [0.2, 0.25) is 0 Å². The summed E-state index contributed by atoms with van der Waals surface area (Å²) in [7, 11) is 1.58. The van der Waals surface area contributed by atoms with Crippen LogP contribution in [0.1, 0.15) is 23.1 Å². The molecule has 0 bridgehead atoms. The van der Waals surface area contributed by atoms with Gasteiger partial charge in [0.2, 0.25) is 11.8 Å². The van der Waals surface area contributed by atoms with Gasteiger partial charge < -0.3 is 10.6 Å². The number of carbonyl (C=O) groups is 2. The van der Waals surface area contributed by atoms with Crippen LogP contribution in [0.3, 0.4) is 0 Å². The first-order valence-electron chi connectivity index (χ1n) is 9.10. The normalized spacial score (nSPS) is 11.5. The zero-order chi connectivity index (χ0) is 21.4. The molecule has 0 aliphatic rings. The second-order valence-corrected chi connectivity index (χ2v) is 6.84. The number of primary amides is 1. The fourth-order valence-corrected chi connectivity index (χ4v) is 2.95. The molecule has 0 saturated heterocycles. The van der Waals surface area contributed by atoms with Gasteiger partial charge in [0.1, 0.15) is 0 Å². The molecule has 0 radical (unpaired) electrons. The highest BCUT2D eigenvalue weighted by Gasteiger charge is 2.33. The van der Waals surface area contributed by atoms with Gasteiger partial charge in [-0.15, -0.1) is 0 Å². The predicted molar refractivity (Wildman–Crippen MR) is 103 cm³/mol. The van der Waals surface area contributed by atoms with Crippen LogP contribution in [0.15, 0.2) is 54.6 Å². The third-order valence-electron chi connectivity index (χ3n) is 4.37. The van der Waals surface area contributed by atoms with Crippen molar-refractivity contribution in [1.29, 1.82) is 0 Å². The minimum atomic E-state index is -4.46. The first kappa shape index (κ1) is 22.4. The quantitative estimate of drug-likeness (QED) is 0.695. The van der Waals surface area contributed by atoms with Crippen LogP contribution in [-0.4, -0.2) is 41.8 Å². The van der Waals surface area contributed by atoms with Gasteiger partial charge in [0.15, 0.2) is 0 Å². The molecule has 0 heterocycles. The standard InChI is InChI=1S/C21H24F3N3O2/c1-26(14-17-9-5-6-10-18(17)21(22,23)24)15-20(29)27(12-11-19(25)28)13-16-7-3-2-4-8-16/h2-10H,11-15H2,1H3,(H2,25,28). The van der Waals surface area contributed by atoms with E-state index in [1.807, 2.05) is 30.3 Å². The summed E-state index contributed by atoms with van der Waals surface area (Å²) in [5, 5.41) is 0. The topological polar surface area (TPSA) is 66.6 Å². The van der Waals surface area contributed by atoms with Gasteiger partial charge in [-0.25, -0.2) is 0 Å². The third kappa shape index (κ3) is 7.23. The zero-order valence-corrected chi connectivity index (χ0v) is 16.2. The molecule has 8 heteroatoms. The molecule has 29 heavy (non-hydrogen) atoms. The summed E-state index contributed by atoms with van der Waals surface area (Å²) in [6, 6.07) is 14.5. The van der Waals surface area contributed by atoms with E-state index >= 15 is 0 Å². The molecule has 2 aromatic carbocycles. The number of alkyl halides is 3. The highest BCUT2D eigenvalue weighted by molar-refractivity contribution is 5.79. The molecule has 2 aromatic rings. The van der Waals surface area contributed by atoms with Crippen molar-refractivity contribution < 1.29 is 22.8 Å². The molecule has 2 amide bonds. The number of hydrogen-bond acceptors (Lipinski definition) is 3. The van der Waals surface area contributed by atoms with Gasteiger partial charge in [-0.1, -0.05) is 48.5 Å². The number of carbonyl (C=O) groups excluding carboxylic acids is 2. The Morgan fingerprint density at radius 1 is 0.966 bits per heavy atom. The van der Waals surface area contributed by atoms with Crippen molar-refractivity contribution in [3.63, 3.8) is 0 Å². The van der Waals surface area contributed by atoms with Crippen LogP contribution in [0, 0.1) is 0 Å². The van der Waals surface area contributed by atoms with Crippen molar-refractivity contribution >= 4 is 11.8 Å². The van der Waals surface area contributed by atoms with Crippen LogP contribution < -0.4 is 5.73 Å². The van der Waals surface area contributed by atoms with Crippen molar-refractivity contribution in [1.82, 2.24) is 9.80 Å². The largest absolute Gasteiger partial charge is 0.416 e. The van der Waals surface area contributed by atoms with E-state index in [-0.39, 0.29) is 37.5 Å². The summed E-state index contributed by atoms with van der Waals surface area (Å²) in [6.07, 6.45) is -4.44. The molecular weight excluding hydrogens is 383 g/mol. The van der Waals surface area contributed by atoms with Gasteiger partial charge in [-0.3, -0.25) is 14.5 Å². The van der Waals surface area contributed by atoms with Crippen LogP contribution in [0.5, 0.6) is 0 Å². The summed E-state index contributed by atoms with van der Waals surface area (Å²) >= 11 is 0. The second-order valence-electron chi connectivity index (χ2n) is 6.84. The van der Waals surface area contributed by atoms with E-state index in [0.29, 0.717) is 6.54 Å². The highest BCUT2D eigenvalue weighted by atomic mass is 19.4. The number of halogens is 3.